The highest BCUT2D eigenvalue weighted by atomic mass is 35.5. The van der Waals surface area contributed by atoms with Crippen LogP contribution in [-0.4, -0.2) is 48.4 Å². The van der Waals surface area contributed by atoms with Gasteiger partial charge in [-0.2, -0.15) is 4.37 Å². The maximum absolute atomic E-state index is 12.6. The highest BCUT2D eigenvalue weighted by Gasteiger charge is 2.29. The van der Waals surface area contributed by atoms with Crippen LogP contribution in [0.5, 0.6) is 0 Å². The molecular weight excluding hydrogens is 466 g/mol. The van der Waals surface area contributed by atoms with E-state index in [1.807, 2.05) is 0 Å². The fraction of sp³-hybridized carbons (Fsp3) is 0.364. The quantitative estimate of drug-likeness (QED) is 0.503. The summed E-state index contributed by atoms with van der Waals surface area (Å²) in [6, 6.07) is 13.8. The van der Waals surface area contributed by atoms with E-state index in [1.165, 1.54) is 23.5 Å². The number of hydrogen-bond acceptors (Lipinski definition) is 7. The van der Waals surface area contributed by atoms with Crippen LogP contribution in [0.4, 0.5) is 10.8 Å². The molecule has 10 heteroatoms. The van der Waals surface area contributed by atoms with E-state index in [9.17, 15) is 8.42 Å². The number of benzene rings is 2. The molecular formula is C22H26ClN5O2S2. The van der Waals surface area contributed by atoms with Crippen LogP contribution in [0.3, 0.4) is 0 Å². The molecule has 1 fully saturated rings. The lowest BCUT2D eigenvalue weighted by atomic mass is 10.1. The number of rotatable bonds is 8. The van der Waals surface area contributed by atoms with E-state index in [0.717, 1.165) is 49.8 Å². The molecule has 7 nitrogen and oxygen atoms in total. The van der Waals surface area contributed by atoms with Gasteiger partial charge in [0.25, 0.3) is 10.0 Å². The summed E-state index contributed by atoms with van der Waals surface area (Å²) in [7, 11) is -3.77. The zero-order chi connectivity index (χ0) is 22.7. The van der Waals surface area contributed by atoms with E-state index in [1.54, 1.807) is 12.1 Å². The number of hydrogen-bond donors (Lipinski definition) is 1. The van der Waals surface area contributed by atoms with Gasteiger partial charge in [-0.25, -0.2) is 13.4 Å². The van der Waals surface area contributed by atoms with Gasteiger partial charge in [0.15, 0.2) is 0 Å². The zero-order valence-corrected chi connectivity index (χ0v) is 20.4. The summed E-state index contributed by atoms with van der Waals surface area (Å²) in [5, 5.41) is 0.643. The van der Waals surface area contributed by atoms with Gasteiger partial charge in [0.1, 0.15) is 6.33 Å². The van der Waals surface area contributed by atoms with Gasteiger partial charge in [-0.3, -0.25) is 9.62 Å². The Morgan fingerprint density at radius 3 is 2.81 bits per heavy atom. The lowest BCUT2D eigenvalue weighted by Crippen LogP contribution is -2.37. The monoisotopic (exact) mass is 491 g/mol. The van der Waals surface area contributed by atoms with Gasteiger partial charge in [-0.1, -0.05) is 41.4 Å². The normalized spacial score (nSPS) is 16.9. The summed E-state index contributed by atoms with van der Waals surface area (Å²) in [5.74, 6) is 0. The van der Waals surface area contributed by atoms with Gasteiger partial charge >= 0.3 is 0 Å². The van der Waals surface area contributed by atoms with Crippen LogP contribution in [0.2, 0.25) is 5.02 Å². The van der Waals surface area contributed by atoms with E-state index in [4.69, 9.17) is 11.6 Å². The Morgan fingerprint density at radius 1 is 1.28 bits per heavy atom. The first kappa shape index (κ1) is 23.0. The minimum atomic E-state index is -3.77. The van der Waals surface area contributed by atoms with Gasteiger partial charge in [-0.05, 0) is 44.0 Å². The summed E-state index contributed by atoms with van der Waals surface area (Å²) in [6.45, 7) is 7.89. The molecule has 1 aliphatic rings. The van der Waals surface area contributed by atoms with E-state index in [0.29, 0.717) is 11.1 Å². The summed E-state index contributed by atoms with van der Waals surface area (Å²) in [6.07, 6.45) is 2.34. The van der Waals surface area contributed by atoms with Crippen molar-refractivity contribution in [2.24, 2.45) is 0 Å². The molecule has 2 heterocycles. The predicted molar refractivity (Wildman–Crippen MR) is 130 cm³/mol. The topological polar surface area (TPSA) is 78.4 Å². The second kappa shape index (κ2) is 9.74. The Hall–Kier alpha value is -2.20. The lowest BCUT2D eigenvalue weighted by molar-refractivity contribution is 0.325. The first-order valence-electron chi connectivity index (χ1n) is 10.5. The zero-order valence-electron chi connectivity index (χ0n) is 18.0. The minimum absolute atomic E-state index is 0.102. The first-order valence-corrected chi connectivity index (χ1v) is 13.1. The van der Waals surface area contributed by atoms with Crippen LogP contribution in [0.15, 0.2) is 53.7 Å². The smallest absolute Gasteiger partial charge is 0.263 e. The summed E-state index contributed by atoms with van der Waals surface area (Å²) in [5.41, 5.74) is 3.45. The average molecular weight is 492 g/mol. The van der Waals surface area contributed by atoms with Crippen molar-refractivity contribution in [3.8, 4) is 0 Å². The number of sulfonamides is 1. The third-order valence-electron chi connectivity index (χ3n) is 5.64. The van der Waals surface area contributed by atoms with Crippen LogP contribution in [0.25, 0.3) is 0 Å². The predicted octanol–water partition coefficient (Wildman–Crippen LogP) is 4.40. The molecule has 4 rings (SSSR count). The fourth-order valence-corrected chi connectivity index (χ4v) is 6.22. The lowest BCUT2D eigenvalue weighted by Gasteiger charge is -2.31. The Morgan fingerprint density at radius 2 is 2.12 bits per heavy atom. The minimum Gasteiger partial charge on any atom is -0.366 e. The van der Waals surface area contributed by atoms with Crippen molar-refractivity contribution >= 4 is 44.0 Å². The molecule has 0 bridgehead atoms. The Bertz CT molecular complexity index is 1170. The molecule has 0 spiro atoms. The number of halogens is 1. The van der Waals surface area contributed by atoms with Crippen LogP contribution >= 0.6 is 23.1 Å². The van der Waals surface area contributed by atoms with Crippen molar-refractivity contribution in [1.29, 1.82) is 0 Å². The molecule has 0 radical (unpaired) electrons. The van der Waals surface area contributed by atoms with Crippen LogP contribution in [0.1, 0.15) is 24.5 Å². The van der Waals surface area contributed by atoms with Gasteiger partial charge in [0, 0.05) is 43.8 Å². The average Bonchev–Trinajstić information content (AvgIpc) is 3.42. The molecule has 0 amide bonds. The van der Waals surface area contributed by atoms with E-state index in [-0.39, 0.29) is 10.0 Å². The largest absolute Gasteiger partial charge is 0.366 e. The summed E-state index contributed by atoms with van der Waals surface area (Å²) >= 11 is 7.56. The summed E-state index contributed by atoms with van der Waals surface area (Å²) in [4.78, 5) is 8.71. The number of aromatic nitrogens is 2. The Kier molecular flexibility index (Phi) is 6.99. The molecule has 170 valence electrons. The van der Waals surface area contributed by atoms with Crippen molar-refractivity contribution in [1.82, 2.24) is 14.3 Å². The molecule has 2 aromatic carbocycles. The molecule has 0 saturated carbocycles. The van der Waals surface area contributed by atoms with Crippen LogP contribution < -0.4 is 9.62 Å². The highest BCUT2D eigenvalue weighted by molar-refractivity contribution is 7.93. The Labute approximate surface area is 198 Å². The molecule has 1 aromatic heterocycles. The van der Waals surface area contributed by atoms with Gasteiger partial charge in [0.05, 0.1) is 15.6 Å². The number of likely N-dealkylation sites (N-methyl/N-ethyl adjacent to an activating group) is 1. The van der Waals surface area contributed by atoms with Crippen LogP contribution in [-0.2, 0) is 16.6 Å². The fourth-order valence-electron chi connectivity index (χ4n) is 4.18. The molecule has 1 N–H and O–H groups in total. The van der Waals surface area contributed by atoms with Gasteiger partial charge in [-0.15, -0.1) is 0 Å². The third-order valence-corrected chi connectivity index (χ3v) is 7.99. The standard InChI is InChI=1S/C22H26ClN5O2S2/c1-3-28(18-9-10-27(14-18)13-17-6-4-5-16(2)11-17)21-8-7-19(12-20(21)23)32(29,30)26-22-24-15-25-31-22/h4-8,11-12,15,18H,3,9-10,13-14H2,1-2H3,(H,24,25,26). The van der Waals surface area contributed by atoms with E-state index >= 15 is 0 Å². The Balaban J connectivity index is 1.47. The molecule has 1 atom stereocenters. The third kappa shape index (κ3) is 5.23. The number of nitrogens with one attached hydrogen (secondary N) is 1. The van der Waals surface area contributed by atoms with Crippen LogP contribution in [0, 0.1) is 6.92 Å². The van der Waals surface area contributed by atoms with Crippen molar-refractivity contribution in [3.05, 3.63) is 64.9 Å². The van der Waals surface area contributed by atoms with Crippen molar-refractivity contribution in [3.63, 3.8) is 0 Å². The van der Waals surface area contributed by atoms with Gasteiger partial charge in [0.2, 0.25) is 5.13 Å². The van der Waals surface area contributed by atoms with Crippen molar-refractivity contribution < 1.29 is 8.42 Å². The SMILES string of the molecule is CCN(c1ccc(S(=O)(=O)Nc2ncns2)cc1Cl)C1CCN(Cc2cccc(C)c2)C1. The highest BCUT2D eigenvalue weighted by Crippen LogP contribution is 2.32. The molecule has 1 unspecified atom stereocenters. The van der Waals surface area contributed by atoms with Gasteiger partial charge < -0.3 is 4.90 Å². The molecule has 32 heavy (non-hydrogen) atoms. The first-order chi connectivity index (χ1) is 15.4. The van der Waals surface area contributed by atoms with Crippen molar-refractivity contribution in [2.75, 3.05) is 29.3 Å². The summed E-state index contributed by atoms with van der Waals surface area (Å²) < 4.78 is 31.5. The molecule has 0 aliphatic carbocycles. The maximum Gasteiger partial charge on any atom is 0.263 e. The molecule has 3 aromatic rings. The maximum atomic E-state index is 12.6. The van der Waals surface area contributed by atoms with E-state index in [2.05, 4.69) is 62.0 Å². The van der Waals surface area contributed by atoms with Crippen molar-refractivity contribution in [2.45, 2.75) is 37.8 Å². The molecule has 1 saturated heterocycles. The number of aryl methyl sites for hydroxylation is 1. The molecule has 1 aliphatic heterocycles. The number of nitrogens with zero attached hydrogens (tertiary/aromatic N) is 4. The second-order valence-electron chi connectivity index (χ2n) is 7.92. The second-order valence-corrected chi connectivity index (χ2v) is 10.8. The number of anilines is 2. The van der Waals surface area contributed by atoms with E-state index < -0.39 is 10.0 Å². The number of likely N-dealkylation sites (tertiary alicyclic amines) is 1.